The lowest BCUT2D eigenvalue weighted by molar-refractivity contribution is 0.675. The highest BCUT2D eigenvalue weighted by Gasteiger charge is 1.82. The average molecular weight is 139 g/mol. The van der Waals surface area contributed by atoms with E-state index in [0.29, 0.717) is 0 Å². The van der Waals surface area contributed by atoms with E-state index in [4.69, 9.17) is 0 Å². The van der Waals surface area contributed by atoms with E-state index in [1.807, 2.05) is 5.70 Å². The van der Waals surface area contributed by atoms with Crippen LogP contribution in [0.1, 0.15) is 39.0 Å². The van der Waals surface area contributed by atoms with Crippen LogP contribution >= 0.6 is 0 Å². The Morgan fingerprint density at radius 2 is 2.00 bits per heavy atom. The van der Waals surface area contributed by atoms with Gasteiger partial charge in [0.05, 0.1) is 10.2 Å². The maximum absolute atomic E-state index is 3.28. The van der Waals surface area contributed by atoms with Crippen LogP contribution in [0.25, 0.3) is 0 Å². The molecule has 9 heavy (non-hydrogen) atoms. The van der Waals surface area contributed by atoms with Crippen molar-refractivity contribution in [2.75, 3.05) is 0 Å². The number of hydrogen-bond acceptors (Lipinski definition) is 0. The van der Waals surface area contributed by atoms with Crippen LogP contribution in [0.4, 0.5) is 0 Å². The van der Waals surface area contributed by atoms with Crippen molar-refractivity contribution in [2.24, 2.45) is 0 Å². The number of allylic oxidation sites excluding steroid dienone is 1. The summed E-state index contributed by atoms with van der Waals surface area (Å²) in [6.45, 7) is 2.24. The molecule has 0 unspecified atom stereocenters. The van der Waals surface area contributed by atoms with E-state index in [9.17, 15) is 0 Å². The molecule has 0 aliphatic carbocycles. The summed E-state index contributed by atoms with van der Waals surface area (Å²) in [7, 11) is 3.28. The van der Waals surface area contributed by atoms with Crippen molar-refractivity contribution in [3.8, 4) is 0 Å². The maximum Gasteiger partial charge on any atom is 0.0596 e. The van der Waals surface area contributed by atoms with Gasteiger partial charge in [-0.25, -0.2) is 0 Å². The highest BCUT2D eigenvalue weighted by Crippen LogP contribution is 2.01. The summed E-state index contributed by atoms with van der Waals surface area (Å²) in [5, 5.41) is 0. The van der Waals surface area contributed by atoms with Crippen LogP contribution in [0.15, 0.2) is 11.8 Å². The quantitative estimate of drug-likeness (QED) is 0.406. The predicted octanol–water partition coefficient (Wildman–Crippen LogP) is 2.64. The van der Waals surface area contributed by atoms with Crippen LogP contribution in [0, 0.1) is 0 Å². The van der Waals surface area contributed by atoms with Crippen molar-refractivity contribution in [2.45, 2.75) is 39.0 Å². The third kappa shape index (κ3) is 7.96. The first-order chi connectivity index (χ1) is 4.41. The second-order valence-corrected chi connectivity index (χ2v) is 2.59. The van der Waals surface area contributed by atoms with Gasteiger partial charge in [-0.1, -0.05) is 32.3 Å². The number of hydrogen-bond donors (Lipinski definition) is 0. The third-order valence-corrected chi connectivity index (χ3v) is 1.58. The minimum atomic E-state index is 1.23. The fraction of sp³-hybridized carbons (Fsp3) is 0.750. The molecule has 0 fully saturated rings. The van der Waals surface area contributed by atoms with Crippen LogP contribution in [0.2, 0.25) is 0 Å². The largest absolute Gasteiger partial charge is 0.106 e. The van der Waals surface area contributed by atoms with Gasteiger partial charge >= 0.3 is 0 Å². The fourth-order valence-electron chi connectivity index (χ4n) is 0.772. The molecule has 3 radical (unpaired) electrons. The summed E-state index contributed by atoms with van der Waals surface area (Å²) in [5.41, 5.74) is 1.94. The van der Waals surface area contributed by atoms with Crippen molar-refractivity contribution in [3.05, 3.63) is 11.8 Å². The molecule has 0 spiro atoms. The molecule has 0 aromatic rings. The van der Waals surface area contributed by atoms with Gasteiger partial charge in [0.2, 0.25) is 0 Å². The molecule has 0 aromatic heterocycles. The van der Waals surface area contributed by atoms with Gasteiger partial charge < -0.3 is 0 Å². The lowest BCUT2D eigenvalue weighted by atomic mass is 10.2. The topological polar surface area (TPSA) is 0 Å². The van der Waals surface area contributed by atoms with Crippen LogP contribution in [-0.2, 0) is 0 Å². The van der Waals surface area contributed by atoms with Crippen molar-refractivity contribution < 1.29 is 0 Å². The van der Waals surface area contributed by atoms with E-state index < -0.39 is 0 Å². The predicted molar refractivity (Wildman–Crippen MR) is 43.7 cm³/mol. The molecule has 1 heteroatoms. The second-order valence-electron chi connectivity index (χ2n) is 2.25. The van der Waals surface area contributed by atoms with Gasteiger partial charge in [0, 0.05) is 0 Å². The van der Waals surface area contributed by atoms with Crippen LogP contribution in [-0.4, -0.2) is 10.2 Å². The van der Waals surface area contributed by atoms with Crippen molar-refractivity contribution >= 4 is 10.2 Å². The molecule has 0 atom stereocenters. The smallest absolute Gasteiger partial charge is 0.0596 e. The van der Waals surface area contributed by atoms with Crippen molar-refractivity contribution in [3.63, 3.8) is 0 Å². The Balaban J connectivity index is 2.75. The minimum Gasteiger partial charge on any atom is -0.106 e. The zero-order valence-corrected chi connectivity index (χ0v) is 7.19. The summed E-state index contributed by atoms with van der Waals surface area (Å²) in [5.74, 6) is 0. The Morgan fingerprint density at radius 1 is 1.22 bits per heavy atom. The van der Waals surface area contributed by atoms with Gasteiger partial charge in [-0.15, -0.1) is 5.70 Å². The van der Waals surface area contributed by atoms with E-state index >= 15 is 0 Å². The molecular formula is C8H15Si. The first-order valence-electron chi connectivity index (χ1n) is 3.74. The van der Waals surface area contributed by atoms with E-state index in [2.05, 4.69) is 23.2 Å². The van der Waals surface area contributed by atoms with Crippen LogP contribution < -0.4 is 0 Å². The van der Waals surface area contributed by atoms with Crippen LogP contribution in [0.3, 0.4) is 0 Å². The maximum atomic E-state index is 3.28. The van der Waals surface area contributed by atoms with E-state index in [0.717, 1.165) is 0 Å². The van der Waals surface area contributed by atoms with E-state index in [1.165, 1.54) is 32.1 Å². The van der Waals surface area contributed by atoms with Gasteiger partial charge in [0.1, 0.15) is 0 Å². The molecule has 0 N–H and O–H groups in total. The highest BCUT2D eigenvalue weighted by atomic mass is 28.1. The molecule has 0 saturated heterocycles. The van der Waals surface area contributed by atoms with Gasteiger partial charge in [0.25, 0.3) is 0 Å². The zero-order chi connectivity index (χ0) is 6.95. The lowest BCUT2D eigenvalue weighted by Crippen LogP contribution is -1.73. The Hall–Kier alpha value is -0.0431. The molecule has 0 saturated carbocycles. The van der Waals surface area contributed by atoms with Gasteiger partial charge in [-0.3, -0.25) is 0 Å². The average Bonchev–Trinajstić information content (AvgIpc) is 1.89. The zero-order valence-electron chi connectivity index (χ0n) is 6.19. The SMILES string of the molecule is CCCCCC/C=C/[Si]. The highest BCUT2D eigenvalue weighted by molar-refractivity contribution is 6.16. The van der Waals surface area contributed by atoms with Gasteiger partial charge in [-0.2, -0.15) is 0 Å². The first-order valence-corrected chi connectivity index (χ1v) is 4.31. The summed E-state index contributed by atoms with van der Waals surface area (Å²) in [4.78, 5) is 0. The minimum absolute atomic E-state index is 1.23. The lowest BCUT2D eigenvalue weighted by Gasteiger charge is -1.92. The molecule has 0 rings (SSSR count). The summed E-state index contributed by atoms with van der Waals surface area (Å²) >= 11 is 0. The standard InChI is InChI=1S/C8H15Si/c1-2-3-4-5-6-7-8-9/h7-8H,2-6H2,1H3/b8-7+. The van der Waals surface area contributed by atoms with Crippen molar-refractivity contribution in [1.82, 2.24) is 0 Å². The molecular weight excluding hydrogens is 124 g/mol. The molecule has 0 nitrogen and oxygen atoms in total. The fourth-order valence-corrected chi connectivity index (χ4v) is 0.939. The monoisotopic (exact) mass is 139 g/mol. The van der Waals surface area contributed by atoms with E-state index in [-0.39, 0.29) is 0 Å². The molecule has 0 amide bonds. The second kappa shape index (κ2) is 7.96. The van der Waals surface area contributed by atoms with Gasteiger partial charge in [-0.05, 0) is 12.8 Å². The summed E-state index contributed by atoms with van der Waals surface area (Å²) in [6, 6.07) is 0. The third-order valence-electron chi connectivity index (χ3n) is 1.34. The normalized spacial score (nSPS) is 10.9. The Kier molecular flexibility index (Phi) is 7.92. The van der Waals surface area contributed by atoms with Gasteiger partial charge in [0.15, 0.2) is 0 Å². The Bertz CT molecular complexity index is 67.0. The van der Waals surface area contributed by atoms with E-state index in [1.54, 1.807) is 0 Å². The first kappa shape index (κ1) is 8.96. The Labute approximate surface area is 61.8 Å². The Morgan fingerprint density at radius 3 is 2.56 bits per heavy atom. The molecule has 0 aliphatic rings. The van der Waals surface area contributed by atoms with Crippen LogP contribution in [0.5, 0.6) is 0 Å². The number of unbranched alkanes of at least 4 members (excludes halogenated alkanes) is 4. The molecule has 51 valence electrons. The molecule has 0 aromatic carbocycles. The summed E-state index contributed by atoms with van der Waals surface area (Å²) in [6.07, 6.45) is 8.82. The molecule has 0 bridgehead atoms. The molecule has 0 heterocycles. The van der Waals surface area contributed by atoms with Crippen molar-refractivity contribution in [1.29, 1.82) is 0 Å². The molecule has 0 aliphatic heterocycles. The summed E-state index contributed by atoms with van der Waals surface area (Å²) < 4.78 is 0. The number of rotatable bonds is 5.